The van der Waals surface area contributed by atoms with Crippen molar-refractivity contribution >= 4 is 5.91 Å². The Morgan fingerprint density at radius 3 is 1.62 bits per heavy atom. The van der Waals surface area contributed by atoms with Gasteiger partial charge in [-0.1, -0.05) is 20.9 Å². The van der Waals surface area contributed by atoms with Crippen LogP contribution in [-0.4, -0.2) is 5.91 Å². The Morgan fingerprint density at radius 1 is 0.952 bits per heavy atom. The summed E-state index contributed by atoms with van der Waals surface area (Å²) in [6.45, 7) is 3.39. The second kappa shape index (κ2) is 14.2. The highest BCUT2D eigenvalue weighted by molar-refractivity contribution is 5.70. The zero-order valence-electron chi connectivity index (χ0n) is 12.1. The molecule has 118 valence electrons. The molecule has 1 amide bonds. The lowest BCUT2D eigenvalue weighted by molar-refractivity contribution is -0.671. The van der Waals surface area contributed by atoms with Crippen molar-refractivity contribution in [3.05, 3.63) is 60.7 Å². The van der Waals surface area contributed by atoms with Gasteiger partial charge in [-0.3, -0.25) is 4.79 Å². The van der Waals surface area contributed by atoms with E-state index in [4.69, 9.17) is 0 Å². The van der Waals surface area contributed by atoms with Gasteiger partial charge in [0.15, 0.2) is 24.8 Å². The van der Waals surface area contributed by atoms with Crippen LogP contribution < -0.4 is 14.9 Å². The number of carbonyl (C=O) groups is 1. The third kappa shape index (κ3) is 17.8. The summed E-state index contributed by atoms with van der Waals surface area (Å²) < 4.78 is 4.04. The van der Waals surface area contributed by atoms with Crippen LogP contribution in [0.2, 0.25) is 0 Å². The minimum atomic E-state index is -0.333. The lowest BCUT2D eigenvalue weighted by Crippen LogP contribution is -2.26. The molecule has 0 aliphatic carbocycles. The number of nitrogens with two attached hydrogens (primary N) is 1. The van der Waals surface area contributed by atoms with Gasteiger partial charge in [0.05, 0.1) is 0 Å². The molecule has 4 nitrogen and oxygen atoms in total. The summed E-state index contributed by atoms with van der Waals surface area (Å²) in [5.74, 6) is -0.333. The molecule has 0 aromatic carbocycles. The standard InChI is InChI=1S/C7H10N.C6H8N.C2H5NO.2CH4/c1-7-4-3-5-8(2)6-7;1-7-5-3-2-4-6-7;1-2(3)4;;/h3-6H,1-2H3;2-6H,1H3;1H3,(H2,3,4);2*1H4/q2*+1;;;. The van der Waals surface area contributed by atoms with E-state index in [0.717, 1.165) is 0 Å². The van der Waals surface area contributed by atoms with Gasteiger partial charge in [-0.05, 0) is 13.0 Å². The molecule has 0 aliphatic rings. The van der Waals surface area contributed by atoms with Crippen LogP contribution in [0.25, 0.3) is 0 Å². The molecule has 0 unspecified atom stereocenters. The van der Waals surface area contributed by atoms with Gasteiger partial charge < -0.3 is 5.73 Å². The Hall–Kier alpha value is -2.23. The highest BCUT2D eigenvalue weighted by Gasteiger charge is 1.87. The molecule has 2 rings (SSSR count). The fourth-order valence-corrected chi connectivity index (χ4v) is 1.22. The van der Waals surface area contributed by atoms with Gasteiger partial charge in [0.1, 0.15) is 14.1 Å². The van der Waals surface area contributed by atoms with E-state index in [0.29, 0.717) is 0 Å². The van der Waals surface area contributed by atoms with Gasteiger partial charge in [0.2, 0.25) is 5.91 Å². The largest absolute Gasteiger partial charge is 0.370 e. The number of pyridine rings is 2. The van der Waals surface area contributed by atoms with E-state index in [1.165, 1.54) is 12.5 Å². The van der Waals surface area contributed by atoms with Crippen LogP contribution in [0.1, 0.15) is 27.3 Å². The topological polar surface area (TPSA) is 50.9 Å². The maximum absolute atomic E-state index is 9.22. The quantitative estimate of drug-likeness (QED) is 0.743. The number of aryl methyl sites for hydroxylation is 3. The third-order valence-corrected chi connectivity index (χ3v) is 1.95. The fraction of sp³-hybridized carbons (Fsp3) is 0.353. The van der Waals surface area contributed by atoms with Crippen molar-refractivity contribution in [2.24, 2.45) is 19.8 Å². The van der Waals surface area contributed by atoms with E-state index in [1.807, 2.05) is 66.1 Å². The molecule has 0 radical (unpaired) electrons. The van der Waals surface area contributed by atoms with E-state index in [9.17, 15) is 4.79 Å². The lowest BCUT2D eigenvalue weighted by Gasteiger charge is -1.85. The number of primary amides is 1. The summed E-state index contributed by atoms with van der Waals surface area (Å²) >= 11 is 0. The van der Waals surface area contributed by atoms with E-state index in [2.05, 4.69) is 24.9 Å². The number of carbonyl (C=O) groups excluding carboxylic acids is 1. The first kappa shape index (κ1) is 23.8. The zero-order valence-corrected chi connectivity index (χ0v) is 12.1. The predicted molar refractivity (Wildman–Crippen MR) is 88.3 cm³/mol. The molecule has 0 spiro atoms. The smallest absolute Gasteiger partial charge is 0.214 e. The summed E-state index contributed by atoms with van der Waals surface area (Å²) in [5.41, 5.74) is 5.77. The Morgan fingerprint density at radius 2 is 1.38 bits per heavy atom. The van der Waals surface area contributed by atoms with Crippen LogP contribution >= 0.6 is 0 Å². The normalized spacial score (nSPS) is 7.62. The molecule has 2 heterocycles. The van der Waals surface area contributed by atoms with Gasteiger partial charge >= 0.3 is 0 Å². The van der Waals surface area contributed by atoms with Crippen LogP contribution in [0.5, 0.6) is 0 Å². The Labute approximate surface area is 129 Å². The predicted octanol–water partition coefficient (Wildman–Crippen LogP) is 2.09. The molecule has 0 aliphatic heterocycles. The van der Waals surface area contributed by atoms with Crippen LogP contribution in [0, 0.1) is 6.92 Å². The molecule has 2 aromatic rings. The number of nitrogens with zero attached hydrogens (tertiary/aromatic N) is 2. The molecule has 2 N–H and O–H groups in total. The van der Waals surface area contributed by atoms with Gasteiger partial charge in [-0.25, -0.2) is 9.13 Å². The molecule has 21 heavy (non-hydrogen) atoms. The van der Waals surface area contributed by atoms with Crippen molar-refractivity contribution in [3.8, 4) is 0 Å². The van der Waals surface area contributed by atoms with Gasteiger partial charge in [0.25, 0.3) is 0 Å². The molecule has 0 saturated heterocycles. The Balaban J connectivity index is -0.000000233. The minimum absolute atomic E-state index is 0. The average Bonchev–Trinajstić information content (AvgIpc) is 2.29. The Bertz CT molecular complexity index is 463. The van der Waals surface area contributed by atoms with Crippen LogP contribution in [0.4, 0.5) is 0 Å². The monoisotopic (exact) mass is 293 g/mol. The second-order valence-electron chi connectivity index (χ2n) is 4.20. The first-order valence-corrected chi connectivity index (χ1v) is 6.00. The van der Waals surface area contributed by atoms with Crippen LogP contribution in [0.3, 0.4) is 0 Å². The summed E-state index contributed by atoms with van der Waals surface area (Å²) in [7, 11) is 4.02. The number of hydrogen-bond acceptors (Lipinski definition) is 1. The number of rotatable bonds is 0. The maximum Gasteiger partial charge on any atom is 0.214 e. The van der Waals surface area contributed by atoms with Crippen molar-refractivity contribution in [2.75, 3.05) is 0 Å². The average molecular weight is 293 g/mol. The van der Waals surface area contributed by atoms with Crippen molar-refractivity contribution in [1.82, 2.24) is 0 Å². The lowest BCUT2D eigenvalue weighted by atomic mass is 10.3. The third-order valence-electron chi connectivity index (χ3n) is 1.95. The van der Waals surface area contributed by atoms with Crippen LogP contribution in [-0.2, 0) is 18.9 Å². The summed E-state index contributed by atoms with van der Waals surface area (Å²) in [6.07, 6.45) is 8.10. The number of hydrogen-bond donors (Lipinski definition) is 1. The Kier molecular flexibility index (Phi) is 16.1. The van der Waals surface area contributed by atoms with Crippen molar-refractivity contribution in [1.29, 1.82) is 0 Å². The van der Waals surface area contributed by atoms with E-state index < -0.39 is 0 Å². The van der Waals surface area contributed by atoms with E-state index in [1.54, 1.807) is 0 Å². The second-order valence-corrected chi connectivity index (χ2v) is 4.20. The number of aromatic nitrogens is 2. The fourth-order valence-electron chi connectivity index (χ4n) is 1.22. The van der Waals surface area contributed by atoms with Crippen molar-refractivity contribution < 1.29 is 13.9 Å². The van der Waals surface area contributed by atoms with Gasteiger partial charge in [0, 0.05) is 30.7 Å². The number of amides is 1. The molecular formula is C17H31N3O+2. The zero-order chi connectivity index (χ0) is 14.7. The molecule has 0 bridgehead atoms. The molecule has 4 heteroatoms. The SMILES string of the molecule is C.C.CC(N)=O.C[n+]1ccccc1.Cc1ccc[n+](C)c1. The van der Waals surface area contributed by atoms with Crippen LogP contribution in [0.15, 0.2) is 55.1 Å². The highest BCUT2D eigenvalue weighted by atomic mass is 16.1. The van der Waals surface area contributed by atoms with E-state index in [-0.39, 0.29) is 20.8 Å². The van der Waals surface area contributed by atoms with Crippen molar-refractivity contribution in [3.63, 3.8) is 0 Å². The molecule has 0 atom stereocenters. The highest BCUT2D eigenvalue weighted by Crippen LogP contribution is 1.86. The minimum Gasteiger partial charge on any atom is -0.370 e. The molecule has 0 saturated carbocycles. The molecular weight excluding hydrogens is 262 g/mol. The first-order valence-electron chi connectivity index (χ1n) is 6.00. The van der Waals surface area contributed by atoms with Gasteiger partial charge in [-0.15, -0.1) is 0 Å². The maximum atomic E-state index is 9.22. The van der Waals surface area contributed by atoms with Gasteiger partial charge in [-0.2, -0.15) is 0 Å². The van der Waals surface area contributed by atoms with Crippen molar-refractivity contribution in [2.45, 2.75) is 28.7 Å². The molecule has 0 fully saturated rings. The summed E-state index contributed by atoms with van der Waals surface area (Å²) in [6, 6.07) is 10.1. The summed E-state index contributed by atoms with van der Waals surface area (Å²) in [5, 5.41) is 0. The molecule has 2 aromatic heterocycles. The summed E-state index contributed by atoms with van der Waals surface area (Å²) in [4.78, 5) is 9.22. The first-order chi connectivity index (χ1) is 8.91. The van der Waals surface area contributed by atoms with E-state index >= 15 is 0 Å².